The highest BCUT2D eigenvalue weighted by Crippen LogP contribution is 2.20. The van der Waals surface area contributed by atoms with Gasteiger partial charge in [-0.1, -0.05) is 12.1 Å². The first kappa shape index (κ1) is 17.0. The molecule has 0 atom stereocenters. The molecule has 0 unspecified atom stereocenters. The molecular formula is C20H18N4O3. The van der Waals surface area contributed by atoms with E-state index in [1.807, 2.05) is 13.0 Å². The van der Waals surface area contributed by atoms with Crippen LogP contribution in [0, 0.1) is 6.92 Å². The summed E-state index contributed by atoms with van der Waals surface area (Å²) in [6.45, 7) is 1.86. The molecule has 0 saturated heterocycles. The molecule has 2 N–H and O–H groups in total. The van der Waals surface area contributed by atoms with E-state index in [1.54, 1.807) is 36.5 Å². The van der Waals surface area contributed by atoms with Gasteiger partial charge in [0.2, 0.25) is 0 Å². The maximum atomic E-state index is 12.6. The highest BCUT2D eigenvalue weighted by molar-refractivity contribution is 6.04. The molecule has 4 rings (SSSR count). The van der Waals surface area contributed by atoms with Gasteiger partial charge in [0.15, 0.2) is 0 Å². The number of amides is 2. The fourth-order valence-corrected chi connectivity index (χ4v) is 2.77. The van der Waals surface area contributed by atoms with E-state index in [1.165, 1.54) is 10.6 Å². The topological polar surface area (TPSA) is 92.6 Å². The molecule has 0 spiro atoms. The number of benzene rings is 1. The number of nitrogens with one attached hydrogen (secondary N) is 2. The lowest BCUT2D eigenvalue weighted by Gasteiger charge is -2.08. The van der Waals surface area contributed by atoms with Crippen molar-refractivity contribution in [3.8, 4) is 0 Å². The van der Waals surface area contributed by atoms with Gasteiger partial charge in [-0.3, -0.25) is 18.8 Å². The number of pyridine rings is 1. The molecule has 1 aliphatic rings. The van der Waals surface area contributed by atoms with Gasteiger partial charge in [-0.15, -0.1) is 0 Å². The van der Waals surface area contributed by atoms with Crippen molar-refractivity contribution >= 4 is 23.1 Å². The molecule has 27 heavy (non-hydrogen) atoms. The molecule has 2 amide bonds. The van der Waals surface area contributed by atoms with Crippen LogP contribution < -0.4 is 16.2 Å². The molecule has 2 aromatic heterocycles. The number of fused-ring (bicyclic) bond motifs is 1. The number of rotatable bonds is 4. The van der Waals surface area contributed by atoms with Crippen LogP contribution in [0.3, 0.4) is 0 Å². The number of aryl methyl sites for hydroxylation is 1. The summed E-state index contributed by atoms with van der Waals surface area (Å²) < 4.78 is 1.35. The van der Waals surface area contributed by atoms with E-state index in [-0.39, 0.29) is 17.5 Å². The molecule has 1 aromatic carbocycles. The fourth-order valence-electron chi connectivity index (χ4n) is 2.77. The van der Waals surface area contributed by atoms with E-state index >= 15 is 0 Å². The lowest BCUT2D eigenvalue weighted by atomic mass is 10.1. The maximum Gasteiger partial charge on any atom is 0.270 e. The third-order valence-electron chi connectivity index (χ3n) is 4.39. The van der Waals surface area contributed by atoms with Crippen LogP contribution in [0.15, 0.2) is 53.6 Å². The number of anilines is 1. The first-order valence-electron chi connectivity index (χ1n) is 8.71. The van der Waals surface area contributed by atoms with Crippen LogP contribution in [0.4, 0.5) is 5.69 Å². The normalized spacial score (nSPS) is 13.4. The van der Waals surface area contributed by atoms with Crippen molar-refractivity contribution in [1.82, 2.24) is 14.7 Å². The standard InChI is InChI=1S/C20H18N4O3/c1-12-5-8-17-21-10-16(20(27)24(17)11-12)19(26)23-15-4-2-3-13(9-15)18(25)22-14-6-7-14/h2-5,8-11,14H,6-7H2,1H3,(H,22,25)(H,23,26). The minimum Gasteiger partial charge on any atom is -0.349 e. The summed E-state index contributed by atoms with van der Waals surface area (Å²) in [7, 11) is 0. The Morgan fingerprint density at radius 2 is 1.96 bits per heavy atom. The Morgan fingerprint density at radius 3 is 2.74 bits per heavy atom. The summed E-state index contributed by atoms with van der Waals surface area (Å²) in [5.74, 6) is -0.736. The van der Waals surface area contributed by atoms with Gasteiger partial charge in [0.25, 0.3) is 17.4 Å². The van der Waals surface area contributed by atoms with Gasteiger partial charge in [0.05, 0.1) is 0 Å². The Balaban J connectivity index is 1.59. The van der Waals surface area contributed by atoms with Gasteiger partial charge < -0.3 is 10.6 Å². The Bertz CT molecular complexity index is 1120. The second-order valence-electron chi connectivity index (χ2n) is 6.69. The molecule has 7 heteroatoms. The highest BCUT2D eigenvalue weighted by atomic mass is 16.2. The molecule has 0 radical (unpaired) electrons. The van der Waals surface area contributed by atoms with Gasteiger partial charge in [-0.2, -0.15) is 0 Å². The third-order valence-corrected chi connectivity index (χ3v) is 4.39. The molecule has 136 valence electrons. The van der Waals surface area contributed by atoms with Crippen molar-refractivity contribution in [3.05, 3.63) is 75.8 Å². The van der Waals surface area contributed by atoms with E-state index in [2.05, 4.69) is 15.6 Å². The molecule has 0 aliphatic heterocycles. The fraction of sp³-hybridized carbons (Fsp3) is 0.200. The first-order chi connectivity index (χ1) is 13.0. The Morgan fingerprint density at radius 1 is 1.15 bits per heavy atom. The molecule has 1 aliphatic carbocycles. The molecule has 1 fully saturated rings. The average molecular weight is 362 g/mol. The van der Waals surface area contributed by atoms with Crippen molar-refractivity contribution in [2.24, 2.45) is 0 Å². The van der Waals surface area contributed by atoms with Gasteiger partial charge >= 0.3 is 0 Å². The molecule has 7 nitrogen and oxygen atoms in total. The third kappa shape index (κ3) is 3.57. The molecule has 0 bridgehead atoms. The maximum absolute atomic E-state index is 12.6. The predicted molar refractivity (Wildman–Crippen MR) is 101 cm³/mol. The Labute approximate surface area is 155 Å². The van der Waals surface area contributed by atoms with Gasteiger partial charge in [-0.05, 0) is 49.6 Å². The summed E-state index contributed by atoms with van der Waals surface area (Å²) in [4.78, 5) is 41.5. The summed E-state index contributed by atoms with van der Waals surface area (Å²) in [6.07, 6.45) is 4.91. The summed E-state index contributed by atoms with van der Waals surface area (Å²) in [6, 6.07) is 10.4. The van der Waals surface area contributed by atoms with E-state index < -0.39 is 11.5 Å². The van der Waals surface area contributed by atoms with Gasteiger partial charge in [0, 0.05) is 29.7 Å². The van der Waals surface area contributed by atoms with Crippen molar-refractivity contribution in [3.63, 3.8) is 0 Å². The van der Waals surface area contributed by atoms with Crippen LogP contribution >= 0.6 is 0 Å². The first-order valence-corrected chi connectivity index (χ1v) is 8.71. The lowest BCUT2D eigenvalue weighted by Crippen LogP contribution is -2.27. The molecular weight excluding hydrogens is 344 g/mol. The summed E-state index contributed by atoms with van der Waals surface area (Å²) in [5, 5.41) is 5.57. The van der Waals surface area contributed by atoms with Crippen molar-refractivity contribution in [2.45, 2.75) is 25.8 Å². The number of hydrogen-bond donors (Lipinski definition) is 2. The van der Waals surface area contributed by atoms with Crippen molar-refractivity contribution in [2.75, 3.05) is 5.32 Å². The molecule has 1 saturated carbocycles. The average Bonchev–Trinajstić information content (AvgIpc) is 3.46. The zero-order valence-electron chi connectivity index (χ0n) is 14.7. The predicted octanol–water partition coefficient (Wildman–Crippen LogP) is 2.15. The van der Waals surface area contributed by atoms with Gasteiger partial charge in [0.1, 0.15) is 11.2 Å². The van der Waals surface area contributed by atoms with Crippen molar-refractivity contribution < 1.29 is 9.59 Å². The van der Waals surface area contributed by atoms with E-state index in [9.17, 15) is 14.4 Å². The van der Waals surface area contributed by atoms with Crippen LogP contribution in [0.25, 0.3) is 5.65 Å². The van der Waals surface area contributed by atoms with E-state index in [0.717, 1.165) is 18.4 Å². The monoisotopic (exact) mass is 362 g/mol. The lowest BCUT2D eigenvalue weighted by molar-refractivity contribution is 0.0949. The van der Waals surface area contributed by atoms with Crippen LogP contribution in [-0.2, 0) is 0 Å². The van der Waals surface area contributed by atoms with Crippen molar-refractivity contribution in [1.29, 1.82) is 0 Å². The Hall–Kier alpha value is -3.48. The summed E-state index contributed by atoms with van der Waals surface area (Å²) >= 11 is 0. The highest BCUT2D eigenvalue weighted by Gasteiger charge is 2.24. The zero-order valence-corrected chi connectivity index (χ0v) is 14.7. The van der Waals surface area contributed by atoms with Crippen LogP contribution in [0.2, 0.25) is 0 Å². The number of hydrogen-bond acceptors (Lipinski definition) is 4. The SMILES string of the molecule is Cc1ccc2ncc(C(=O)Nc3cccc(C(=O)NC4CC4)c3)c(=O)n2c1. The van der Waals surface area contributed by atoms with E-state index in [4.69, 9.17) is 0 Å². The van der Waals surface area contributed by atoms with E-state index in [0.29, 0.717) is 16.9 Å². The quantitative estimate of drug-likeness (QED) is 0.744. The number of aromatic nitrogens is 2. The number of carbonyl (C=O) groups is 2. The Kier molecular flexibility index (Phi) is 4.19. The van der Waals surface area contributed by atoms with Crippen LogP contribution in [0.1, 0.15) is 39.1 Å². The zero-order chi connectivity index (χ0) is 19.0. The molecule has 2 heterocycles. The second-order valence-corrected chi connectivity index (χ2v) is 6.69. The summed E-state index contributed by atoms with van der Waals surface area (Å²) in [5.41, 5.74) is 1.76. The minimum atomic E-state index is -0.567. The van der Waals surface area contributed by atoms with Crippen LogP contribution in [0.5, 0.6) is 0 Å². The number of nitrogens with zero attached hydrogens (tertiary/aromatic N) is 2. The number of carbonyl (C=O) groups excluding carboxylic acids is 2. The molecule has 3 aromatic rings. The smallest absolute Gasteiger partial charge is 0.270 e. The second kappa shape index (κ2) is 6.68. The van der Waals surface area contributed by atoms with Crippen LogP contribution in [-0.4, -0.2) is 27.2 Å². The van der Waals surface area contributed by atoms with Gasteiger partial charge in [-0.25, -0.2) is 4.98 Å². The minimum absolute atomic E-state index is 0.0639. The largest absolute Gasteiger partial charge is 0.349 e.